The Labute approximate surface area is 167 Å². The fourth-order valence-electron chi connectivity index (χ4n) is 4.80. The number of aliphatic hydroxyl groups excluding tert-OH is 1. The number of hydrogen-bond donors (Lipinski definition) is 2. The van der Waals surface area contributed by atoms with Crippen LogP contribution in [-0.2, 0) is 0 Å². The molecule has 0 amide bonds. The van der Waals surface area contributed by atoms with E-state index in [1.54, 1.807) is 0 Å². The van der Waals surface area contributed by atoms with Crippen molar-refractivity contribution in [2.75, 3.05) is 23.4 Å². The lowest BCUT2D eigenvalue weighted by molar-refractivity contribution is 0.249. The number of aliphatic hydroxyl groups is 1. The van der Waals surface area contributed by atoms with Gasteiger partial charge < -0.3 is 15.3 Å². The molecular formula is C23H30N4O. The van der Waals surface area contributed by atoms with Crippen LogP contribution in [0, 0.1) is 5.92 Å². The van der Waals surface area contributed by atoms with E-state index in [1.165, 1.54) is 36.8 Å². The molecule has 1 aromatic carbocycles. The molecular weight excluding hydrogens is 348 g/mol. The van der Waals surface area contributed by atoms with E-state index in [2.05, 4.69) is 54.4 Å². The summed E-state index contributed by atoms with van der Waals surface area (Å²) in [5, 5.41) is 13.2. The maximum atomic E-state index is 9.75. The van der Waals surface area contributed by atoms with E-state index >= 15 is 0 Å². The molecule has 2 aromatic rings. The van der Waals surface area contributed by atoms with Gasteiger partial charge in [0.05, 0.1) is 18.7 Å². The molecule has 2 fully saturated rings. The normalized spacial score (nSPS) is 24.4. The minimum absolute atomic E-state index is 0.00772. The summed E-state index contributed by atoms with van der Waals surface area (Å²) in [4.78, 5) is 12.3. The first kappa shape index (κ1) is 17.9. The van der Waals surface area contributed by atoms with Gasteiger partial charge in [-0.3, -0.25) is 0 Å². The molecule has 148 valence electrons. The summed E-state index contributed by atoms with van der Waals surface area (Å²) < 4.78 is 0. The van der Waals surface area contributed by atoms with E-state index in [4.69, 9.17) is 9.97 Å². The van der Waals surface area contributed by atoms with Crippen LogP contribution in [-0.4, -0.2) is 34.3 Å². The van der Waals surface area contributed by atoms with Gasteiger partial charge in [0.1, 0.15) is 17.5 Å². The minimum Gasteiger partial charge on any atom is -0.394 e. The van der Waals surface area contributed by atoms with Gasteiger partial charge in [-0.2, -0.15) is 0 Å². The van der Waals surface area contributed by atoms with Crippen molar-refractivity contribution in [3.05, 3.63) is 47.3 Å². The topological polar surface area (TPSA) is 61.3 Å². The Balaban J connectivity index is 1.50. The highest BCUT2D eigenvalue weighted by molar-refractivity contribution is 5.56. The van der Waals surface area contributed by atoms with Gasteiger partial charge in [-0.15, -0.1) is 0 Å². The van der Waals surface area contributed by atoms with Crippen molar-refractivity contribution in [2.45, 2.75) is 63.5 Å². The molecule has 5 nitrogen and oxygen atoms in total. The van der Waals surface area contributed by atoms with Crippen LogP contribution < -0.4 is 10.2 Å². The number of nitrogens with zero attached hydrogens (tertiary/aromatic N) is 3. The predicted octanol–water partition coefficient (Wildman–Crippen LogP) is 4.22. The number of rotatable bonds is 6. The van der Waals surface area contributed by atoms with E-state index in [9.17, 15) is 5.11 Å². The highest BCUT2D eigenvalue weighted by atomic mass is 16.3. The van der Waals surface area contributed by atoms with Crippen LogP contribution in [0.4, 0.5) is 11.6 Å². The van der Waals surface area contributed by atoms with Gasteiger partial charge in [-0.25, -0.2) is 9.97 Å². The van der Waals surface area contributed by atoms with Gasteiger partial charge in [-0.05, 0) is 42.7 Å². The molecule has 4 aliphatic rings. The third-order valence-corrected chi connectivity index (χ3v) is 6.68. The number of anilines is 2. The Bertz CT molecular complexity index is 863. The van der Waals surface area contributed by atoms with Crippen molar-refractivity contribution in [1.82, 2.24) is 9.97 Å². The molecule has 3 heterocycles. The largest absolute Gasteiger partial charge is 0.394 e. The van der Waals surface area contributed by atoms with E-state index in [-0.39, 0.29) is 12.6 Å². The molecule has 2 bridgehead atoms. The number of piperidine rings is 1. The molecule has 3 atom stereocenters. The highest BCUT2D eigenvalue weighted by Crippen LogP contribution is 2.48. The molecule has 0 radical (unpaired) electrons. The first-order chi connectivity index (χ1) is 13.6. The predicted molar refractivity (Wildman–Crippen MR) is 112 cm³/mol. The Kier molecular flexibility index (Phi) is 4.50. The number of hydrogen-bond acceptors (Lipinski definition) is 5. The van der Waals surface area contributed by atoms with Crippen molar-refractivity contribution in [3.8, 4) is 0 Å². The Morgan fingerprint density at radius 2 is 1.82 bits per heavy atom. The van der Waals surface area contributed by atoms with E-state index in [0.717, 1.165) is 24.0 Å². The second-order valence-corrected chi connectivity index (χ2v) is 8.99. The lowest BCUT2D eigenvalue weighted by Crippen LogP contribution is -2.43. The molecule has 5 heteroatoms. The van der Waals surface area contributed by atoms with Gasteiger partial charge in [0, 0.05) is 24.4 Å². The molecule has 1 saturated carbocycles. The van der Waals surface area contributed by atoms with Gasteiger partial charge in [0.15, 0.2) is 0 Å². The lowest BCUT2D eigenvalue weighted by Gasteiger charge is -2.47. The standard InChI is InChI=1S/C23H30N4O/c1-14(2)19(13-28)24-21-11-22(26-23(25-21)15-7-8-15)27-12-16-9-10-20(27)18-6-4-3-5-17(16)18/h3-6,11,14-16,19-20,28H,7-10,12-13H2,1-2H3,(H,24,25,26)/t16-,19+,20+/m1/s1. The van der Waals surface area contributed by atoms with Gasteiger partial charge in [-0.1, -0.05) is 38.1 Å². The van der Waals surface area contributed by atoms with Crippen molar-refractivity contribution in [3.63, 3.8) is 0 Å². The summed E-state index contributed by atoms with van der Waals surface area (Å²) in [6.07, 6.45) is 4.83. The Hall–Kier alpha value is -2.14. The summed E-state index contributed by atoms with van der Waals surface area (Å²) in [7, 11) is 0. The van der Waals surface area contributed by atoms with E-state index in [0.29, 0.717) is 23.8 Å². The smallest absolute Gasteiger partial charge is 0.136 e. The second kappa shape index (κ2) is 7.03. The van der Waals surface area contributed by atoms with Crippen LogP contribution in [0.2, 0.25) is 0 Å². The molecule has 28 heavy (non-hydrogen) atoms. The summed E-state index contributed by atoms with van der Waals surface area (Å²) in [5.41, 5.74) is 3.01. The average molecular weight is 379 g/mol. The maximum Gasteiger partial charge on any atom is 0.136 e. The second-order valence-electron chi connectivity index (χ2n) is 8.99. The van der Waals surface area contributed by atoms with Crippen LogP contribution in [0.1, 0.15) is 74.4 Å². The van der Waals surface area contributed by atoms with Crippen LogP contribution in [0.25, 0.3) is 0 Å². The van der Waals surface area contributed by atoms with Gasteiger partial charge in [0.25, 0.3) is 0 Å². The zero-order chi connectivity index (χ0) is 19.3. The first-order valence-corrected chi connectivity index (χ1v) is 10.8. The number of nitrogens with one attached hydrogen (secondary N) is 1. The summed E-state index contributed by atoms with van der Waals surface area (Å²) in [6.45, 7) is 5.39. The molecule has 0 unspecified atom stereocenters. The molecule has 1 aromatic heterocycles. The van der Waals surface area contributed by atoms with Crippen molar-refractivity contribution < 1.29 is 5.11 Å². The third-order valence-electron chi connectivity index (χ3n) is 6.68. The van der Waals surface area contributed by atoms with Crippen molar-refractivity contribution in [1.29, 1.82) is 0 Å². The average Bonchev–Trinajstić information content (AvgIpc) is 3.57. The molecule has 6 rings (SSSR count). The monoisotopic (exact) mass is 378 g/mol. The van der Waals surface area contributed by atoms with Crippen LogP contribution >= 0.6 is 0 Å². The van der Waals surface area contributed by atoms with E-state index in [1.807, 2.05) is 0 Å². The highest BCUT2D eigenvalue weighted by Gasteiger charge is 2.39. The molecule has 0 spiro atoms. The molecule has 2 aliphatic carbocycles. The van der Waals surface area contributed by atoms with E-state index < -0.39 is 0 Å². The van der Waals surface area contributed by atoms with Crippen LogP contribution in [0.3, 0.4) is 0 Å². The number of benzene rings is 1. The minimum atomic E-state index is 0.00772. The van der Waals surface area contributed by atoms with Gasteiger partial charge in [0.2, 0.25) is 0 Å². The Morgan fingerprint density at radius 1 is 1.07 bits per heavy atom. The zero-order valence-corrected chi connectivity index (χ0v) is 16.8. The van der Waals surface area contributed by atoms with Crippen LogP contribution in [0.15, 0.2) is 30.3 Å². The quantitative estimate of drug-likeness (QED) is 0.788. The number of aromatic nitrogens is 2. The van der Waals surface area contributed by atoms with Crippen LogP contribution in [0.5, 0.6) is 0 Å². The fraction of sp³-hybridized carbons (Fsp3) is 0.565. The molecule has 2 aliphatic heterocycles. The van der Waals surface area contributed by atoms with Gasteiger partial charge >= 0.3 is 0 Å². The molecule has 1 saturated heterocycles. The number of fused-ring (bicyclic) bond motifs is 2. The SMILES string of the molecule is CC(C)[C@H](CO)Nc1cc(N2C[C@H]3CC[C@H]2c2ccccc23)nc(C2CC2)n1. The summed E-state index contributed by atoms with van der Waals surface area (Å²) in [5.74, 6) is 4.30. The third kappa shape index (κ3) is 3.16. The Morgan fingerprint density at radius 3 is 2.54 bits per heavy atom. The summed E-state index contributed by atoms with van der Waals surface area (Å²) >= 11 is 0. The zero-order valence-electron chi connectivity index (χ0n) is 16.8. The maximum absolute atomic E-state index is 9.75. The first-order valence-electron chi connectivity index (χ1n) is 10.8. The van der Waals surface area contributed by atoms with Crippen molar-refractivity contribution >= 4 is 11.6 Å². The molecule has 2 N–H and O–H groups in total. The van der Waals surface area contributed by atoms with Crippen molar-refractivity contribution in [2.24, 2.45) is 5.92 Å². The fourth-order valence-corrected chi connectivity index (χ4v) is 4.80. The summed E-state index contributed by atoms with van der Waals surface area (Å²) in [6, 6.07) is 11.4. The lowest BCUT2D eigenvalue weighted by atomic mass is 9.75.